The summed E-state index contributed by atoms with van der Waals surface area (Å²) >= 11 is 3.42. The number of amides is 1. The molecule has 0 bridgehead atoms. The van der Waals surface area contributed by atoms with Crippen molar-refractivity contribution in [3.63, 3.8) is 0 Å². The quantitative estimate of drug-likeness (QED) is 0.489. The number of benzene rings is 2. The number of nitrogens with zero attached hydrogens (tertiary/aromatic N) is 1. The lowest BCUT2D eigenvalue weighted by Crippen LogP contribution is -2.23. The van der Waals surface area contributed by atoms with Crippen LogP contribution >= 0.6 is 15.9 Å². The second-order valence-electron chi connectivity index (χ2n) is 5.67. The predicted molar refractivity (Wildman–Crippen MR) is 110 cm³/mol. The number of nitriles is 1. The van der Waals surface area contributed by atoms with Gasteiger partial charge in [0, 0.05) is 6.54 Å². The van der Waals surface area contributed by atoms with Crippen molar-refractivity contribution in [2.45, 2.75) is 13.5 Å². The number of hydrogen-bond donors (Lipinski definition) is 1. The second kappa shape index (κ2) is 10.4. The average Bonchev–Trinajstić information content (AvgIpc) is 2.70. The molecule has 6 nitrogen and oxygen atoms in total. The zero-order chi connectivity index (χ0) is 20.5. The molecule has 0 aliphatic rings. The summed E-state index contributed by atoms with van der Waals surface area (Å²) in [5.74, 6) is 1.37. The third-order valence-corrected chi connectivity index (χ3v) is 4.41. The molecule has 0 fully saturated rings. The molecule has 1 amide bonds. The number of halogens is 1. The van der Waals surface area contributed by atoms with Crippen molar-refractivity contribution in [2.24, 2.45) is 0 Å². The van der Waals surface area contributed by atoms with Gasteiger partial charge in [0.1, 0.15) is 17.4 Å². The topological polar surface area (TPSA) is 80.6 Å². The lowest BCUT2D eigenvalue weighted by molar-refractivity contribution is -0.117. The summed E-state index contributed by atoms with van der Waals surface area (Å²) in [5, 5.41) is 12.1. The van der Waals surface area contributed by atoms with Gasteiger partial charge in [-0.05, 0) is 64.3 Å². The number of ether oxygens (including phenoxy) is 3. The molecule has 0 heterocycles. The molecule has 0 saturated heterocycles. The van der Waals surface area contributed by atoms with Gasteiger partial charge in [-0.2, -0.15) is 5.26 Å². The van der Waals surface area contributed by atoms with Crippen molar-refractivity contribution in [1.82, 2.24) is 5.32 Å². The molecule has 0 aliphatic carbocycles. The summed E-state index contributed by atoms with van der Waals surface area (Å²) in [6.45, 7) is 2.63. The van der Waals surface area contributed by atoms with Crippen LogP contribution in [0.3, 0.4) is 0 Å². The van der Waals surface area contributed by atoms with Crippen LogP contribution in [-0.4, -0.2) is 26.7 Å². The van der Waals surface area contributed by atoms with E-state index in [1.54, 1.807) is 26.4 Å². The molecule has 0 saturated carbocycles. The monoisotopic (exact) mass is 444 g/mol. The summed E-state index contributed by atoms with van der Waals surface area (Å²) in [5.41, 5.74) is 1.54. The molecule has 146 valence electrons. The average molecular weight is 445 g/mol. The van der Waals surface area contributed by atoms with Crippen molar-refractivity contribution in [1.29, 1.82) is 5.26 Å². The van der Waals surface area contributed by atoms with Gasteiger partial charge in [0.2, 0.25) is 0 Å². The first-order chi connectivity index (χ1) is 13.5. The summed E-state index contributed by atoms with van der Waals surface area (Å²) in [7, 11) is 3.14. The van der Waals surface area contributed by atoms with Gasteiger partial charge in [-0.15, -0.1) is 0 Å². The van der Waals surface area contributed by atoms with E-state index in [4.69, 9.17) is 14.2 Å². The molecule has 0 unspecified atom stereocenters. The van der Waals surface area contributed by atoms with Gasteiger partial charge >= 0.3 is 0 Å². The number of carbonyl (C=O) groups is 1. The highest BCUT2D eigenvalue weighted by molar-refractivity contribution is 9.10. The van der Waals surface area contributed by atoms with Crippen molar-refractivity contribution in [3.05, 3.63) is 57.6 Å². The van der Waals surface area contributed by atoms with E-state index in [0.29, 0.717) is 34.7 Å². The zero-order valence-corrected chi connectivity index (χ0v) is 17.5. The first kappa shape index (κ1) is 21.3. The normalized spacial score (nSPS) is 10.8. The Morgan fingerprint density at radius 2 is 1.93 bits per heavy atom. The lowest BCUT2D eigenvalue weighted by Gasteiger charge is -2.12. The highest BCUT2D eigenvalue weighted by Crippen LogP contribution is 2.37. The largest absolute Gasteiger partial charge is 0.497 e. The van der Waals surface area contributed by atoms with Crippen molar-refractivity contribution < 1.29 is 19.0 Å². The third kappa shape index (κ3) is 5.51. The van der Waals surface area contributed by atoms with Crippen LogP contribution in [-0.2, 0) is 11.3 Å². The number of methoxy groups -OCH3 is 2. The Morgan fingerprint density at radius 1 is 1.21 bits per heavy atom. The van der Waals surface area contributed by atoms with E-state index < -0.39 is 5.91 Å². The van der Waals surface area contributed by atoms with Crippen LogP contribution < -0.4 is 19.5 Å². The van der Waals surface area contributed by atoms with E-state index in [0.717, 1.165) is 11.3 Å². The van der Waals surface area contributed by atoms with Crippen LogP contribution in [0.2, 0.25) is 0 Å². The standard InChI is InChI=1S/C21H21BrN2O4/c1-4-28-19-11-15(10-18(22)20(19)27-3)9-16(12-23)21(25)24-13-14-5-7-17(26-2)8-6-14/h5-11H,4,13H2,1-3H3,(H,24,25)/b16-9-. The zero-order valence-electron chi connectivity index (χ0n) is 15.9. The molecule has 1 N–H and O–H groups in total. The third-order valence-electron chi connectivity index (χ3n) is 3.82. The molecule has 0 radical (unpaired) electrons. The van der Waals surface area contributed by atoms with Gasteiger partial charge in [-0.1, -0.05) is 12.1 Å². The lowest BCUT2D eigenvalue weighted by atomic mass is 10.1. The summed E-state index contributed by atoms with van der Waals surface area (Å²) in [4.78, 5) is 12.4. The maximum absolute atomic E-state index is 12.4. The van der Waals surface area contributed by atoms with Crippen molar-refractivity contribution in [3.8, 4) is 23.3 Å². The molecular weight excluding hydrogens is 424 g/mol. The van der Waals surface area contributed by atoms with Crippen molar-refractivity contribution in [2.75, 3.05) is 20.8 Å². The highest BCUT2D eigenvalue weighted by Gasteiger charge is 2.13. The fourth-order valence-electron chi connectivity index (χ4n) is 2.47. The van der Waals surface area contributed by atoms with Crippen LogP contribution in [0.5, 0.6) is 17.2 Å². The Hall–Kier alpha value is -2.98. The fraction of sp³-hybridized carbons (Fsp3) is 0.238. The highest BCUT2D eigenvalue weighted by atomic mass is 79.9. The number of hydrogen-bond acceptors (Lipinski definition) is 5. The number of rotatable bonds is 8. The van der Waals surface area contributed by atoms with Crippen LogP contribution in [0.15, 0.2) is 46.4 Å². The first-order valence-electron chi connectivity index (χ1n) is 8.55. The van der Waals surface area contributed by atoms with E-state index in [9.17, 15) is 10.1 Å². The van der Waals surface area contributed by atoms with Gasteiger partial charge in [0.15, 0.2) is 11.5 Å². The van der Waals surface area contributed by atoms with E-state index in [-0.39, 0.29) is 5.57 Å². The number of nitrogens with one attached hydrogen (secondary N) is 1. The fourth-order valence-corrected chi connectivity index (χ4v) is 3.09. The second-order valence-corrected chi connectivity index (χ2v) is 6.52. The van der Waals surface area contributed by atoms with Gasteiger partial charge < -0.3 is 19.5 Å². The maximum Gasteiger partial charge on any atom is 0.262 e. The summed E-state index contributed by atoms with van der Waals surface area (Å²) in [6.07, 6.45) is 1.51. The van der Waals surface area contributed by atoms with E-state index >= 15 is 0 Å². The van der Waals surface area contributed by atoms with E-state index in [1.165, 1.54) is 6.08 Å². The van der Waals surface area contributed by atoms with E-state index in [2.05, 4.69) is 21.2 Å². The molecule has 2 aromatic carbocycles. The molecule has 0 spiro atoms. The molecular formula is C21H21BrN2O4. The molecule has 7 heteroatoms. The molecule has 0 aromatic heterocycles. The molecule has 2 aromatic rings. The predicted octanol–water partition coefficient (Wildman–Crippen LogP) is 4.09. The molecule has 2 rings (SSSR count). The van der Waals surface area contributed by atoms with Gasteiger partial charge in [-0.25, -0.2) is 0 Å². The first-order valence-corrected chi connectivity index (χ1v) is 9.34. The van der Waals surface area contributed by atoms with Crippen LogP contribution in [0.25, 0.3) is 6.08 Å². The Balaban J connectivity index is 2.17. The Bertz CT molecular complexity index is 902. The minimum atomic E-state index is -0.455. The van der Waals surface area contributed by atoms with Crippen LogP contribution in [0, 0.1) is 11.3 Å². The Kier molecular flexibility index (Phi) is 7.90. The van der Waals surface area contributed by atoms with Gasteiger partial charge in [-0.3, -0.25) is 4.79 Å². The number of carbonyl (C=O) groups excluding carboxylic acids is 1. The van der Waals surface area contributed by atoms with Crippen molar-refractivity contribution >= 4 is 27.9 Å². The maximum atomic E-state index is 12.4. The Labute approximate surface area is 172 Å². The smallest absolute Gasteiger partial charge is 0.262 e. The van der Waals surface area contributed by atoms with Crippen LogP contribution in [0.1, 0.15) is 18.1 Å². The molecule has 0 atom stereocenters. The summed E-state index contributed by atoms with van der Waals surface area (Å²) < 4.78 is 16.7. The summed E-state index contributed by atoms with van der Waals surface area (Å²) in [6, 6.07) is 12.8. The van der Waals surface area contributed by atoms with Gasteiger partial charge in [0.25, 0.3) is 5.91 Å². The van der Waals surface area contributed by atoms with Gasteiger partial charge in [0.05, 0.1) is 25.3 Å². The minimum absolute atomic E-state index is 0.00646. The SMILES string of the molecule is CCOc1cc(/C=C(/C#N)C(=O)NCc2ccc(OC)cc2)cc(Br)c1OC. The molecule has 28 heavy (non-hydrogen) atoms. The molecule has 0 aliphatic heterocycles. The van der Waals surface area contributed by atoms with E-state index in [1.807, 2.05) is 37.3 Å². The Morgan fingerprint density at radius 3 is 2.50 bits per heavy atom. The van der Waals surface area contributed by atoms with Crippen LogP contribution in [0.4, 0.5) is 0 Å². The minimum Gasteiger partial charge on any atom is -0.497 e.